The van der Waals surface area contributed by atoms with Crippen molar-refractivity contribution >= 4 is 40.1 Å². The van der Waals surface area contributed by atoms with Crippen molar-refractivity contribution in [1.82, 2.24) is 10.3 Å². The predicted octanol–water partition coefficient (Wildman–Crippen LogP) is 2.26. The molecule has 98 valence electrons. The molecule has 6 heteroatoms. The minimum Gasteiger partial charge on any atom is -0.309 e. The van der Waals surface area contributed by atoms with Gasteiger partial charge in [0.2, 0.25) is 5.91 Å². The zero-order valence-corrected chi connectivity index (χ0v) is 12.3. The molecule has 1 aromatic rings. The molecule has 2 fully saturated rings. The molecule has 2 N–H and O–H groups in total. The quantitative estimate of drug-likeness (QED) is 0.817. The van der Waals surface area contributed by atoms with Crippen molar-refractivity contribution in [3.63, 3.8) is 0 Å². The first-order valence-corrected chi connectivity index (χ1v) is 6.63. The van der Waals surface area contributed by atoms with Crippen molar-refractivity contribution in [2.45, 2.75) is 31.8 Å². The molecule has 0 spiro atoms. The number of nitrogens with zero attached hydrogens (tertiary/aromatic N) is 1. The van der Waals surface area contributed by atoms with Gasteiger partial charge < -0.3 is 10.6 Å². The highest BCUT2D eigenvalue weighted by Crippen LogP contribution is 2.40. The van der Waals surface area contributed by atoms with Crippen LogP contribution >= 0.6 is 28.3 Å². The second kappa shape index (κ2) is 5.15. The lowest BCUT2D eigenvalue weighted by molar-refractivity contribution is -0.118. The third-order valence-corrected chi connectivity index (χ3v) is 3.94. The molecule has 3 unspecified atom stereocenters. The highest BCUT2D eigenvalue weighted by atomic mass is 79.9. The first kappa shape index (κ1) is 13.8. The van der Waals surface area contributed by atoms with E-state index in [2.05, 4.69) is 31.5 Å². The van der Waals surface area contributed by atoms with Gasteiger partial charge in [0.1, 0.15) is 10.4 Å². The van der Waals surface area contributed by atoms with Gasteiger partial charge in [-0.15, -0.1) is 12.4 Å². The van der Waals surface area contributed by atoms with Crippen molar-refractivity contribution in [2.75, 3.05) is 5.32 Å². The molecule has 1 aromatic heterocycles. The predicted molar refractivity (Wildman–Crippen MR) is 76.0 cm³/mol. The second-order valence-corrected chi connectivity index (χ2v) is 5.66. The van der Waals surface area contributed by atoms with E-state index in [4.69, 9.17) is 0 Å². The van der Waals surface area contributed by atoms with Crippen molar-refractivity contribution in [3.05, 3.63) is 22.3 Å². The Morgan fingerprint density at radius 2 is 2.28 bits per heavy atom. The summed E-state index contributed by atoms with van der Waals surface area (Å²) in [4.78, 5) is 16.3. The van der Waals surface area contributed by atoms with E-state index >= 15 is 0 Å². The first-order valence-electron chi connectivity index (χ1n) is 5.83. The molecule has 1 saturated carbocycles. The fourth-order valence-corrected chi connectivity index (χ4v) is 2.67. The van der Waals surface area contributed by atoms with E-state index in [1.165, 1.54) is 6.42 Å². The van der Waals surface area contributed by atoms with Crippen LogP contribution in [0.2, 0.25) is 0 Å². The number of carbonyl (C=O) groups excluding carboxylic acids is 1. The van der Waals surface area contributed by atoms with Crippen molar-refractivity contribution in [1.29, 1.82) is 0 Å². The number of aromatic nitrogens is 1. The Kier molecular flexibility index (Phi) is 3.94. The summed E-state index contributed by atoms with van der Waals surface area (Å²) in [5.74, 6) is 1.40. The Morgan fingerprint density at radius 3 is 2.94 bits per heavy atom. The lowest BCUT2D eigenvalue weighted by atomic mass is 10.1. The van der Waals surface area contributed by atoms with Crippen LogP contribution in [0.5, 0.6) is 0 Å². The molecule has 2 aliphatic rings. The number of amides is 1. The Hall–Kier alpha value is -0.650. The molecule has 0 aromatic carbocycles. The van der Waals surface area contributed by atoms with Crippen LogP contribution in [0.3, 0.4) is 0 Å². The molecule has 3 rings (SSSR count). The molecule has 4 nitrogen and oxygen atoms in total. The molecule has 2 heterocycles. The zero-order valence-electron chi connectivity index (χ0n) is 9.94. The maximum absolute atomic E-state index is 12.0. The average molecular weight is 333 g/mol. The maximum atomic E-state index is 12.0. The maximum Gasteiger partial charge on any atom is 0.242 e. The van der Waals surface area contributed by atoms with Crippen LogP contribution < -0.4 is 10.6 Å². The van der Waals surface area contributed by atoms with Crippen LogP contribution in [0.4, 0.5) is 5.82 Å². The van der Waals surface area contributed by atoms with Crippen LogP contribution in [0.25, 0.3) is 0 Å². The van der Waals surface area contributed by atoms with Gasteiger partial charge in [-0.3, -0.25) is 4.79 Å². The summed E-state index contributed by atoms with van der Waals surface area (Å²) in [7, 11) is 0. The van der Waals surface area contributed by atoms with E-state index in [0.717, 1.165) is 22.5 Å². The topological polar surface area (TPSA) is 54.0 Å². The van der Waals surface area contributed by atoms with E-state index in [1.807, 2.05) is 19.1 Å². The molecule has 0 bridgehead atoms. The molecule has 0 radical (unpaired) electrons. The van der Waals surface area contributed by atoms with E-state index < -0.39 is 0 Å². The number of fused-ring (bicyclic) bond motifs is 1. The number of aryl methyl sites for hydroxylation is 1. The lowest BCUT2D eigenvalue weighted by Crippen LogP contribution is -2.38. The number of pyridine rings is 1. The number of hydrogen-bond acceptors (Lipinski definition) is 3. The van der Waals surface area contributed by atoms with Gasteiger partial charge in [-0.1, -0.05) is 6.07 Å². The highest BCUT2D eigenvalue weighted by molar-refractivity contribution is 9.10. The van der Waals surface area contributed by atoms with Crippen LogP contribution in [0.15, 0.2) is 16.7 Å². The number of carbonyl (C=O) groups is 1. The number of anilines is 1. The molecule has 1 aliphatic carbocycles. The van der Waals surface area contributed by atoms with Gasteiger partial charge in [0.05, 0.1) is 6.04 Å². The summed E-state index contributed by atoms with van der Waals surface area (Å²) in [6.07, 6.45) is 2.20. The van der Waals surface area contributed by atoms with Gasteiger partial charge in [-0.05, 0) is 53.2 Å². The normalized spacial score (nSPS) is 28.2. The highest BCUT2D eigenvalue weighted by Gasteiger charge is 2.47. The smallest absolute Gasteiger partial charge is 0.242 e. The van der Waals surface area contributed by atoms with Gasteiger partial charge in [0, 0.05) is 6.04 Å². The Morgan fingerprint density at radius 1 is 1.50 bits per heavy atom. The molecule has 1 saturated heterocycles. The van der Waals surface area contributed by atoms with Gasteiger partial charge in [-0.2, -0.15) is 0 Å². The number of halogens is 2. The molecule has 1 aliphatic heterocycles. The summed E-state index contributed by atoms with van der Waals surface area (Å²) >= 11 is 3.31. The molecular formula is C12H15BrClN3O. The number of piperidine rings is 1. The second-order valence-electron chi connectivity index (χ2n) is 4.85. The fraction of sp³-hybridized carbons (Fsp3) is 0.500. The van der Waals surface area contributed by atoms with Crippen LogP contribution in [-0.2, 0) is 4.79 Å². The summed E-state index contributed by atoms with van der Waals surface area (Å²) in [5.41, 5.74) is 0.977. The Bertz CT molecular complexity index is 472. The SMILES string of the molecule is Cc1ccc(Br)nc1NC(=O)C1CC2CC2N1.Cl. The fourth-order valence-electron chi connectivity index (χ4n) is 2.36. The largest absolute Gasteiger partial charge is 0.309 e. The van der Waals surface area contributed by atoms with Crippen LogP contribution in [0.1, 0.15) is 18.4 Å². The zero-order chi connectivity index (χ0) is 12.0. The number of rotatable bonds is 2. The Labute approximate surface area is 120 Å². The van der Waals surface area contributed by atoms with Gasteiger partial charge in [-0.25, -0.2) is 4.98 Å². The summed E-state index contributed by atoms with van der Waals surface area (Å²) < 4.78 is 0.737. The summed E-state index contributed by atoms with van der Waals surface area (Å²) in [6.45, 7) is 1.94. The van der Waals surface area contributed by atoms with E-state index in [1.54, 1.807) is 0 Å². The van der Waals surface area contributed by atoms with Gasteiger partial charge in [0.15, 0.2) is 0 Å². The molecule has 1 amide bonds. The molecule has 18 heavy (non-hydrogen) atoms. The lowest BCUT2D eigenvalue weighted by Gasteiger charge is -2.14. The monoisotopic (exact) mass is 331 g/mol. The van der Waals surface area contributed by atoms with Crippen molar-refractivity contribution in [2.24, 2.45) is 5.92 Å². The minimum atomic E-state index is -0.0427. The van der Waals surface area contributed by atoms with Gasteiger partial charge in [0.25, 0.3) is 0 Å². The van der Waals surface area contributed by atoms with Gasteiger partial charge >= 0.3 is 0 Å². The number of hydrogen-bond donors (Lipinski definition) is 2. The minimum absolute atomic E-state index is 0. The average Bonchev–Trinajstić information content (AvgIpc) is 2.91. The molecule has 3 atom stereocenters. The molecular weight excluding hydrogens is 318 g/mol. The van der Waals surface area contributed by atoms with Crippen molar-refractivity contribution in [3.8, 4) is 0 Å². The third kappa shape index (κ3) is 2.68. The van der Waals surface area contributed by atoms with E-state index in [-0.39, 0.29) is 24.4 Å². The third-order valence-electron chi connectivity index (χ3n) is 3.50. The first-order chi connectivity index (χ1) is 8.13. The van der Waals surface area contributed by atoms with Crippen molar-refractivity contribution < 1.29 is 4.79 Å². The standard InChI is InChI=1S/C12H14BrN3O.ClH/c1-6-2-3-10(13)15-11(6)16-12(17)9-5-7-4-8(7)14-9;/h2-3,7-9,14H,4-5H2,1H3,(H,15,16,17);1H. The summed E-state index contributed by atoms with van der Waals surface area (Å²) in [5, 5.41) is 6.22. The number of nitrogens with one attached hydrogen (secondary N) is 2. The summed E-state index contributed by atoms with van der Waals surface area (Å²) in [6, 6.07) is 4.35. The van der Waals surface area contributed by atoms with E-state index in [0.29, 0.717) is 11.9 Å². The Balaban J connectivity index is 0.00000120. The van der Waals surface area contributed by atoms with E-state index in [9.17, 15) is 4.79 Å². The van der Waals surface area contributed by atoms with Crippen LogP contribution in [-0.4, -0.2) is 23.0 Å². The van der Waals surface area contributed by atoms with Crippen LogP contribution in [0, 0.1) is 12.8 Å².